The molecular weight excluding hydrogens is 203 g/mol. The predicted molar refractivity (Wildman–Crippen MR) is 40.3 cm³/mol. The second kappa shape index (κ2) is 4.83. The highest BCUT2D eigenvalue weighted by atomic mass is 19.4. The van der Waals surface area contributed by atoms with Crippen LogP contribution in [0.1, 0.15) is 6.42 Å². The zero-order valence-electron chi connectivity index (χ0n) is 7.72. The van der Waals surface area contributed by atoms with Crippen molar-refractivity contribution in [2.24, 2.45) is 0 Å². The molecule has 0 fully saturated rings. The van der Waals surface area contributed by atoms with Gasteiger partial charge in [0.15, 0.2) is 0 Å². The van der Waals surface area contributed by atoms with E-state index in [1.54, 1.807) is 0 Å². The Kier molecular flexibility index (Phi) is 4.39. The van der Waals surface area contributed by atoms with Crippen LogP contribution >= 0.6 is 0 Å². The minimum atomic E-state index is -4.34. The number of esters is 1. The number of alkyl halides is 3. The van der Waals surface area contributed by atoms with Crippen LogP contribution in [0.25, 0.3) is 0 Å². The monoisotopic (exact) mass is 213 g/mol. The summed E-state index contributed by atoms with van der Waals surface area (Å²) in [5.74, 6) is -2.26. The largest absolute Gasteiger partial charge is 0.462 e. The molecule has 0 heterocycles. The third-order valence-corrected chi connectivity index (χ3v) is 1.44. The molecule has 14 heavy (non-hydrogen) atoms. The number of ether oxygens (including phenoxy) is 1. The molecule has 0 N–H and O–H groups in total. The van der Waals surface area contributed by atoms with Crippen LogP contribution in [-0.2, 0) is 14.3 Å². The molecule has 7 heteroatoms. The second-order valence-electron chi connectivity index (χ2n) is 2.58. The van der Waals surface area contributed by atoms with Gasteiger partial charge in [-0.3, -0.25) is 4.79 Å². The van der Waals surface area contributed by atoms with Gasteiger partial charge in [0, 0.05) is 13.6 Å². The maximum atomic E-state index is 11.7. The zero-order chi connectivity index (χ0) is 11.4. The van der Waals surface area contributed by atoms with Crippen LogP contribution in [0.15, 0.2) is 0 Å². The fourth-order valence-corrected chi connectivity index (χ4v) is 0.639. The molecule has 0 aromatic carbocycles. The van der Waals surface area contributed by atoms with Crippen molar-refractivity contribution in [3.8, 4) is 0 Å². The molecule has 0 aromatic rings. The maximum absolute atomic E-state index is 11.7. The molecule has 82 valence electrons. The molecule has 0 aromatic heterocycles. The Hall–Kier alpha value is -1.27. The van der Waals surface area contributed by atoms with Crippen LogP contribution < -0.4 is 0 Å². The predicted octanol–water partition coefficient (Wildman–Crippen LogP) is 0.570. The molecule has 1 amide bonds. The van der Waals surface area contributed by atoms with E-state index in [4.69, 9.17) is 0 Å². The lowest BCUT2D eigenvalue weighted by atomic mass is 10.4. The first kappa shape index (κ1) is 12.7. The summed E-state index contributed by atoms with van der Waals surface area (Å²) in [5.41, 5.74) is 0. The zero-order valence-corrected chi connectivity index (χ0v) is 7.72. The fourth-order valence-electron chi connectivity index (χ4n) is 0.639. The molecule has 0 spiro atoms. The van der Waals surface area contributed by atoms with Crippen molar-refractivity contribution in [2.45, 2.75) is 12.6 Å². The SMILES string of the molecule is COC(=O)C(=O)N(C)CCC(F)(F)F. The van der Waals surface area contributed by atoms with E-state index < -0.39 is 31.0 Å². The number of hydrogen-bond donors (Lipinski definition) is 0. The maximum Gasteiger partial charge on any atom is 0.396 e. The smallest absolute Gasteiger partial charge is 0.396 e. The molecular formula is C7H10F3NO3. The summed E-state index contributed by atoms with van der Waals surface area (Å²) in [6, 6.07) is 0. The Balaban J connectivity index is 4.03. The van der Waals surface area contributed by atoms with Crippen molar-refractivity contribution in [1.29, 1.82) is 0 Å². The van der Waals surface area contributed by atoms with Gasteiger partial charge in [-0.15, -0.1) is 0 Å². The molecule has 0 aliphatic rings. The number of hydrogen-bond acceptors (Lipinski definition) is 3. The van der Waals surface area contributed by atoms with Crippen molar-refractivity contribution in [2.75, 3.05) is 20.7 Å². The Morgan fingerprint density at radius 3 is 2.21 bits per heavy atom. The fraction of sp³-hybridized carbons (Fsp3) is 0.714. The second-order valence-corrected chi connectivity index (χ2v) is 2.58. The van der Waals surface area contributed by atoms with Gasteiger partial charge in [0.2, 0.25) is 0 Å². The van der Waals surface area contributed by atoms with Gasteiger partial charge in [-0.1, -0.05) is 0 Å². The summed E-state index contributed by atoms with van der Waals surface area (Å²) in [6.45, 7) is -0.558. The summed E-state index contributed by atoms with van der Waals surface area (Å²) < 4.78 is 39.2. The standard InChI is InChI=1S/C7H10F3NO3/c1-11(4-3-7(8,9)10)5(12)6(13)14-2/h3-4H2,1-2H3. The number of likely N-dealkylation sites (N-methyl/N-ethyl adjacent to an activating group) is 1. The first-order valence-corrected chi connectivity index (χ1v) is 3.68. The molecule has 0 saturated carbocycles. The molecule has 0 unspecified atom stereocenters. The van der Waals surface area contributed by atoms with Crippen molar-refractivity contribution in [3.05, 3.63) is 0 Å². The van der Waals surface area contributed by atoms with E-state index in [0.29, 0.717) is 4.90 Å². The van der Waals surface area contributed by atoms with Crippen LogP contribution in [0.2, 0.25) is 0 Å². The van der Waals surface area contributed by atoms with E-state index >= 15 is 0 Å². The van der Waals surface area contributed by atoms with Gasteiger partial charge in [-0.2, -0.15) is 13.2 Å². The molecule has 4 nitrogen and oxygen atoms in total. The molecule has 0 rings (SSSR count). The van der Waals surface area contributed by atoms with Gasteiger partial charge in [0.25, 0.3) is 0 Å². The first-order valence-electron chi connectivity index (χ1n) is 3.68. The van der Waals surface area contributed by atoms with Gasteiger partial charge < -0.3 is 9.64 Å². The molecule has 0 radical (unpaired) electrons. The van der Waals surface area contributed by atoms with Gasteiger partial charge in [-0.05, 0) is 0 Å². The van der Waals surface area contributed by atoms with E-state index in [2.05, 4.69) is 4.74 Å². The van der Waals surface area contributed by atoms with Crippen LogP contribution in [0, 0.1) is 0 Å². The van der Waals surface area contributed by atoms with Crippen molar-refractivity contribution in [1.82, 2.24) is 4.90 Å². The minimum absolute atomic E-state index is 0.558. The normalized spacial score (nSPS) is 10.9. The van der Waals surface area contributed by atoms with Crippen molar-refractivity contribution >= 4 is 11.9 Å². The first-order chi connectivity index (χ1) is 6.28. The van der Waals surface area contributed by atoms with Gasteiger partial charge in [0.05, 0.1) is 13.5 Å². The van der Waals surface area contributed by atoms with Gasteiger partial charge in [0.1, 0.15) is 0 Å². The highest BCUT2D eigenvalue weighted by Gasteiger charge is 2.29. The van der Waals surface area contributed by atoms with Crippen molar-refractivity contribution < 1.29 is 27.5 Å². The van der Waals surface area contributed by atoms with Gasteiger partial charge >= 0.3 is 18.1 Å². The average molecular weight is 213 g/mol. The lowest BCUT2D eigenvalue weighted by Gasteiger charge is -2.16. The topological polar surface area (TPSA) is 46.6 Å². The van der Waals surface area contributed by atoms with Gasteiger partial charge in [-0.25, -0.2) is 4.79 Å². The average Bonchev–Trinajstić information content (AvgIpc) is 2.10. The summed E-state index contributed by atoms with van der Waals surface area (Å²) in [7, 11) is 2.09. The number of carbonyl (C=O) groups is 2. The number of rotatable bonds is 2. The lowest BCUT2D eigenvalue weighted by molar-refractivity contribution is -0.160. The van der Waals surface area contributed by atoms with Crippen LogP contribution in [-0.4, -0.2) is 43.7 Å². The number of amides is 1. The van der Waals surface area contributed by atoms with E-state index in [-0.39, 0.29) is 0 Å². The molecule has 0 aliphatic heterocycles. The van der Waals surface area contributed by atoms with E-state index in [1.165, 1.54) is 0 Å². The third kappa shape index (κ3) is 4.68. The highest BCUT2D eigenvalue weighted by molar-refractivity contribution is 6.32. The number of carbonyl (C=O) groups excluding carboxylic acids is 2. The molecule has 0 aliphatic carbocycles. The van der Waals surface area contributed by atoms with E-state index in [9.17, 15) is 22.8 Å². The Morgan fingerprint density at radius 2 is 1.86 bits per heavy atom. The number of methoxy groups -OCH3 is 1. The van der Waals surface area contributed by atoms with Crippen LogP contribution in [0.3, 0.4) is 0 Å². The van der Waals surface area contributed by atoms with Crippen molar-refractivity contribution in [3.63, 3.8) is 0 Å². The third-order valence-electron chi connectivity index (χ3n) is 1.44. The van der Waals surface area contributed by atoms with E-state index in [1.807, 2.05) is 0 Å². The lowest BCUT2D eigenvalue weighted by Crippen LogP contribution is -2.36. The minimum Gasteiger partial charge on any atom is -0.462 e. The highest BCUT2D eigenvalue weighted by Crippen LogP contribution is 2.19. The molecule has 0 saturated heterocycles. The summed E-state index contributed by atoms with van der Waals surface area (Å²) >= 11 is 0. The Labute approximate surface area is 78.6 Å². The number of halogens is 3. The summed E-state index contributed by atoms with van der Waals surface area (Å²) in [4.78, 5) is 22.1. The number of nitrogens with zero attached hydrogens (tertiary/aromatic N) is 1. The van der Waals surface area contributed by atoms with E-state index in [0.717, 1.165) is 14.2 Å². The summed E-state index contributed by atoms with van der Waals surface area (Å²) in [5, 5.41) is 0. The Bertz CT molecular complexity index is 227. The Morgan fingerprint density at radius 1 is 1.36 bits per heavy atom. The molecule has 0 atom stereocenters. The quantitative estimate of drug-likeness (QED) is 0.497. The van der Waals surface area contributed by atoms with Crippen LogP contribution in [0.5, 0.6) is 0 Å². The summed E-state index contributed by atoms with van der Waals surface area (Å²) in [6.07, 6.45) is -5.49. The van der Waals surface area contributed by atoms with Crippen LogP contribution in [0.4, 0.5) is 13.2 Å². The molecule has 0 bridgehead atoms.